The summed E-state index contributed by atoms with van der Waals surface area (Å²) >= 11 is 5.83. The molecular weight excluding hydrogens is 276 g/mol. The largest absolute Gasteiger partial charge is 0.398 e. The van der Waals surface area contributed by atoms with Crippen molar-refractivity contribution >= 4 is 28.9 Å². The predicted molar refractivity (Wildman–Crippen MR) is 68.0 cm³/mol. The molecule has 1 amide bonds. The van der Waals surface area contributed by atoms with Crippen LogP contribution in [0, 0.1) is 11.6 Å². The van der Waals surface area contributed by atoms with Gasteiger partial charge in [0.2, 0.25) is 0 Å². The molecule has 0 atom stereocenters. The summed E-state index contributed by atoms with van der Waals surface area (Å²) in [5.41, 5.74) is 5.36. The normalized spacial score (nSPS) is 10.3. The summed E-state index contributed by atoms with van der Waals surface area (Å²) < 4.78 is 26.0. The highest BCUT2D eigenvalue weighted by molar-refractivity contribution is 6.33. The predicted octanol–water partition coefficient (Wildman–Crippen LogP) is 2.85. The molecule has 2 aromatic rings. The number of pyridine rings is 1. The Morgan fingerprint density at radius 3 is 2.68 bits per heavy atom. The van der Waals surface area contributed by atoms with Gasteiger partial charge in [-0.1, -0.05) is 11.6 Å². The van der Waals surface area contributed by atoms with E-state index in [9.17, 15) is 13.6 Å². The van der Waals surface area contributed by atoms with Gasteiger partial charge in [0.05, 0.1) is 22.5 Å². The highest BCUT2D eigenvalue weighted by Crippen LogP contribution is 2.22. The van der Waals surface area contributed by atoms with E-state index in [1.165, 1.54) is 18.5 Å². The maximum absolute atomic E-state index is 13.1. The Bertz CT molecular complexity index is 649. The van der Waals surface area contributed by atoms with Crippen molar-refractivity contribution in [1.29, 1.82) is 0 Å². The molecule has 0 saturated heterocycles. The highest BCUT2D eigenvalue weighted by Gasteiger charge is 2.15. The number of nitrogens with one attached hydrogen (secondary N) is 1. The van der Waals surface area contributed by atoms with Crippen molar-refractivity contribution in [2.75, 3.05) is 11.1 Å². The van der Waals surface area contributed by atoms with Crippen LogP contribution >= 0.6 is 11.6 Å². The molecule has 0 unspecified atom stereocenters. The number of nitrogen functional groups attached to an aromatic ring is 1. The van der Waals surface area contributed by atoms with Crippen LogP contribution in [-0.4, -0.2) is 10.9 Å². The summed E-state index contributed by atoms with van der Waals surface area (Å²) in [7, 11) is 0. The number of rotatable bonds is 2. The Morgan fingerprint density at radius 1 is 1.32 bits per heavy atom. The van der Waals surface area contributed by atoms with E-state index in [1.54, 1.807) is 0 Å². The zero-order chi connectivity index (χ0) is 14.0. The Labute approximate surface area is 112 Å². The van der Waals surface area contributed by atoms with Crippen molar-refractivity contribution in [2.24, 2.45) is 0 Å². The fraction of sp³-hybridized carbons (Fsp3) is 0. The second-order valence-electron chi connectivity index (χ2n) is 3.66. The summed E-state index contributed by atoms with van der Waals surface area (Å²) in [5, 5.41) is 2.68. The maximum Gasteiger partial charge on any atom is 0.257 e. The van der Waals surface area contributed by atoms with Crippen LogP contribution in [-0.2, 0) is 0 Å². The van der Waals surface area contributed by atoms with Gasteiger partial charge < -0.3 is 11.1 Å². The molecule has 1 aromatic carbocycles. The lowest BCUT2D eigenvalue weighted by molar-refractivity contribution is 0.102. The number of amides is 1. The van der Waals surface area contributed by atoms with E-state index >= 15 is 0 Å². The SMILES string of the molecule is Nc1cc(F)c(F)cc1C(=O)Nc1cnccc1Cl. The molecule has 0 aliphatic carbocycles. The molecule has 2 rings (SSSR count). The molecule has 4 nitrogen and oxygen atoms in total. The summed E-state index contributed by atoms with van der Waals surface area (Å²) in [6.45, 7) is 0. The molecule has 0 aliphatic rings. The van der Waals surface area contributed by atoms with Gasteiger partial charge in [0.1, 0.15) is 0 Å². The molecule has 3 N–H and O–H groups in total. The molecule has 0 bridgehead atoms. The van der Waals surface area contributed by atoms with Crippen LogP contribution in [0.2, 0.25) is 5.02 Å². The average molecular weight is 284 g/mol. The number of carbonyl (C=O) groups is 1. The molecule has 98 valence electrons. The molecule has 0 radical (unpaired) electrons. The number of benzene rings is 1. The van der Waals surface area contributed by atoms with E-state index < -0.39 is 17.5 Å². The number of hydrogen-bond acceptors (Lipinski definition) is 3. The van der Waals surface area contributed by atoms with E-state index in [-0.39, 0.29) is 22.0 Å². The van der Waals surface area contributed by atoms with Crippen molar-refractivity contribution in [3.8, 4) is 0 Å². The van der Waals surface area contributed by atoms with Gasteiger partial charge in [0, 0.05) is 18.0 Å². The van der Waals surface area contributed by atoms with Crippen LogP contribution in [0.1, 0.15) is 10.4 Å². The molecule has 1 aromatic heterocycles. The smallest absolute Gasteiger partial charge is 0.257 e. The summed E-state index contributed by atoms with van der Waals surface area (Å²) in [5.74, 6) is -2.98. The summed E-state index contributed by atoms with van der Waals surface area (Å²) in [4.78, 5) is 15.7. The topological polar surface area (TPSA) is 68.0 Å². The monoisotopic (exact) mass is 283 g/mol. The first-order valence-electron chi connectivity index (χ1n) is 5.14. The van der Waals surface area contributed by atoms with Gasteiger partial charge in [-0.2, -0.15) is 0 Å². The van der Waals surface area contributed by atoms with Crippen LogP contribution in [0.3, 0.4) is 0 Å². The lowest BCUT2D eigenvalue weighted by Crippen LogP contribution is -2.15. The van der Waals surface area contributed by atoms with E-state index in [0.717, 1.165) is 12.1 Å². The van der Waals surface area contributed by atoms with Crippen molar-refractivity contribution in [3.05, 3.63) is 52.8 Å². The molecule has 7 heteroatoms. The third kappa shape index (κ3) is 2.79. The van der Waals surface area contributed by atoms with Crippen molar-refractivity contribution in [3.63, 3.8) is 0 Å². The Hall–Kier alpha value is -2.21. The van der Waals surface area contributed by atoms with Gasteiger partial charge >= 0.3 is 0 Å². The maximum atomic E-state index is 13.1. The van der Waals surface area contributed by atoms with Crippen molar-refractivity contribution in [1.82, 2.24) is 4.98 Å². The zero-order valence-electron chi connectivity index (χ0n) is 9.45. The average Bonchev–Trinajstić information content (AvgIpc) is 2.36. The van der Waals surface area contributed by atoms with Crippen molar-refractivity contribution < 1.29 is 13.6 Å². The number of halogens is 3. The number of hydrogen-bond donors (Lipinski definition) is 2. The van der Waals surface area contributed by atoms with Crippen molar-refractivity contribution in [2.45, 2.75) is 0 Å². The number of carbonyl (C=O) groups excluding carboxylic acids is 1. The quantitative estimate of drug-likeness (QED) is 0.833. The molecular formula is C12H8ClF2N3O. The van der Waals surface area contributed by atoms with Gasteiger partial charge in [-0.3, -0.25) is 9.78 Å². The van der Waals surface area contributed by atoms with Crippen LogP contribution in [0.15, 0.2) is 30.6 Å². The fourth-order valence-corrected chi connectivity index (χ4v) is 1.57. The van der Waals surface area contributed by atoms with Gasteiger partial charge in [0.25, 0.3) is 5.91 Å². The Kier molecular flexibility index (Phi) is 3.62. The fourth-order valence-electron chi connectivity index (χ4n) is 1.42. The third-order valence-corrected chi connectivity index (χ3v) is 2.68. The third-order valence-electron chi connectivity index (χ3n) is 2.35. The molecule has 0 aliphatic heterocycles. The second kappa shape index (κ2) is 5.19. The summed E-state index contributed by atoms with van der Waals surface area (Å²) in [6, 6.07) is 2.95. The van der Waals surface area contributed by atoms with E-state index in [2.05, 4.69) is 10.3 Å². The lowest BCUT2D eigenvalue weighted by atomic mass is 10.1. The lowest BCUT2D eigenvalue weighted by Gasteiger charge is -2.08. The molecule has 0 saturated carbocycles. The van der Waals surface area contributed by atoms with Gasteiger partial charge in [0.15, 0.2) is 11.6 Å². The van der Waals surface area contributed by atoms with Gasteiger partial charge in [-0.15, -0.1) is 0 Å². The minimum Gasteiger partial charge on any atom is -0.398 e. The van der Waals surface area contributed by atoms with Crippen LogP contribution in [0.25, 0.3) is 0 Å². The Balaban J connectivity index is 2.31. The standard InChI is InChI=1S/C12H8ClF2N3O/c13-7-1-2-17-5-11(7)18-12(19)6-3-8(14)9(15)4-10(6)16/h1-5H,16H2,(H,18,19). The summed E-state index contributed by atoms with van der Waals surface area (Å²) in [6.07, 6.45) is 2.78. The van der Waals surface area contributed by atoms with Crippen LogP contribution in [0.5, 0.6) is 0 Å². The minimum atomic E-state index is -1.16. The number of nitrogens with zero attached hydrogens (tertiary/aromatic N) is 1. The molecule has 0 fully saturated rings. The van der Waals surface area contributed by atoms with E-state index in [4.69, 9.17) is 17.3 Å². The number of anilines is 2. The first-order valence-corrected chi connectivity index (χ1v) is 5.52. The van der Waals surface area contributed by atoms with Crippen LogP contribution < -0.4 is 11.1 Å². The number of nitrogens with two attached hydrogens (primary N) is 1. The molecule has 1 heterocycles. The van der Waals surface area contributed by atoms with Crippen LogP contribution in [0.4, 0.5) is 20.2 Å². The van der Waals surface area contributed by atoms with E-state index in [0.29, 0.717) is 0 Å². The first-order chi connectivity index (χ1) is 8.99. The highest BCUT2D eigenvalue weighted by atomic mass is 35.5. The second-order valence-corrected chi connectivity index (χ2v) is 4.07. The Morgan fingerprint density at radius 2 is 2.00 bits per heavy atom. The van der Waals surface area contributed by atoms with E-state index in [1.807, 2.05) is 0 Å². The zero-order valence-corrected chi connectivity index (χ0v) is 10.2. The number of aromatic nitrogens is 1. The van der Waals surface area contributed by atoms with Gasteiger partial charge in [-0.05, 0) is 12.1 Å². The minimum absolute atomic E-state index is 0.170. The first kappa shape index (κ1) is 13.2. The van der Waals surface area contributed by atoms with Gasteiger partial charge in [-0.25, -0.2) is 8.78 Å². The molecule has 19 heavy (non-hydrogen) atoms. The molecule has 0 spiro atoms.